The maximum absolute atomic E-state index is 12.5. The highest BCUT2D eigenvalue weighted by Crippen LogP contribution is 2.26. The Hall–Kier alpha value is -1.70. The smallest absolute Gasteiger partial charge is 0.321 e. The Morgan fingerprint density at radius 3 is 2.48 bits per heavy atom. The molecular weight excluding hydrogens is 378 g/mol. The summed E-state index contributed by atoms with van der Waals surface area (Å²) < 4.78 is 1.05. The van der Waals surface area contributed by atoms with Crippen LogP contribution in [-0.2, 0) is 11.3 Å². The zero-order chi connectivity index (χ0) is 16.8. The van der Waals surface area contributed by atoms with Crippen LogP contribution in [-0.4, -0.2) is 30.9 Å². The third kappa shape index (κ3) is 4.89. The van der Waals surface area contributed by atoms with Gasteiger partial charge in [0.05, 0.1) is 3.79 Å². The van der Waals surface area contributed by atoms with Crippen molar-refractivity contribution < 1.29 is 9.59 Å². The Labute approximate surface area is 147 Å². The second-order valence-electron chi connectivity index (χ2n) is 5.00. The second kappa shape index (κ2) is 8.24. The van der Waals surface area contributed by atoms with E-state index in [2.05, 4.69) is 26.6 Å². The Morgan fingerprint density at radius 1 is 1.22 bits per heavy atom. The molecule has 3 amide bonds. The van der Waals surface area contributed by atoms with Crippen LogP contribution in [0.15, 0.2) is 46.3 Å². The fourth-order valence-corrected chi connectivity index (χ4v) is 3.80. The molecule has 0 bridgehead atoms. The van der Waals surface area contributed by atoms with Crippen molar-refractivity contribution >= 4 is 39.2 Å². The van der Waals surface area contributed by atoms with Gasteiger partial charge in [0.1, 0.15) is 6.04 Å². The van der Waals surface area contributed by atoms with Gasteiger partial charge >= 0.3 is 6.03 Å². The predicted octanol–water partition coefficient (Wildman–Crippen LogP) is 3.14. The number of carbonyl (C=O) groups is 2. The van der Waals surface area contributed by atoms with Crippen LogP contribution in [0.5, 0.6) is 0 Å². The molecule has 0 fully saturated rings. The van der Waals surface area contributed by atoms with E-state index in [-0.39, 0.29) is 5.91 Å². The summed E-state index contributed by atoms with van der Waals surface area (Å²) in [5.74, 6) is -0.353. The van der Waals surface area contributed by atoms with Crippen LogP contribution < -0.4 is 10.6 Å². The van der Waals surface area contributed by atoms with Crippen LogP contribution >= 0.6 is 27.3 Å². The normalized spacial score (nSPS) is 12.0. The third-order valence-electron chi connectivity index (χ3n) is 3.30. The zero-order valence-corrected chi connectivity index (χ0v) is 15.3. The molecule has 0 aliphatic carbocycles. The van der Waals surface area contributed by atoms with Gasteiger partial charge in [0.25, 0.3) is 0 Å². The van der Waals surface area contributed by atoms with Gasteiger partial charge in [-0.1, -0.05) is 30.3 Å². The van der Waals surface area contributed by atoms with Gasteiger partial charge in [-0.2, -0.15) is 0 Å². The lowest BCUT2D eigenvalue weighted by atomic mass is 10.0. The van der Waals surface area contributed by atoms with E-state index in [1.807, 2.05) is 54.4 Å². The van der Waals surface area contributed by atoms with Gasteiger partial charge in [-0.3, -0.25) is 15.0 Å². The number of amides is 3. The van der Waals surface area contributed by atoms with E-state index in [1.54, 1.807) is 11.3 Å². The highest BCUT2D eigenvalue weighted by Gasteiger charge is 2.26. The van der Waals surface area contributed by atoms with Crippen molar-refractivity contribution in [3.05, 3.63) is 56.7 Å². The molecule has 2 aromatic rings. The van der Waals surface area contributed by atoms with Crippen molar-refractivity contribution in [1.29, 1.82) is 0 Å². The molecule has 0 radical (unpaired) electrons. The molecule has 23 heavy (non-hydrogen) atoms. The van der Waals surface area contributed by atoms with E-state index in [4.69, 9.17) is 0 Å². The second-order valence-corrected chi connectivity index (χ2v) is 7.55. The summed E-state index contributed by atoms with van der Waals surface area (Å²) >= 11 is 5.07. The minimum atomic E-state index is -0.547. The standard InChI is InChI=1S/C16H18BrN3O2S/c1-18-16(22)19-15(21)14(11-6-4-3-5-7-11)20(2)10-12-8-9-13(17)23-12/h3-9,14H,10H2,1-2H3,(H2,18,19,21,22)/t14-/m0/s1. The fourth-order valence-electron chi connectivity index (χ4n) is 2.26. The predicted molar refractivity (Wildman–Crippen MR) is 95.3 cm³/mol. The summed E-state index contributed by atoms with van der Waals surface area (Å²) in [6.45, 7) is 0.608. The molecule has 0 unspecified atom stereocenters. The van der Waals surface area contributed by atoms with Gasteiger partial charge in [0.15, 0.2) is 0 Å². The molecule has 1 aromatic carbocycles. The van der Waals surface area contributed by atoms with Crippen molar-refractivity contribution in [1.82, 2.24) is 15.5 Å². The van der Waals surface area contributed by atoms with E-state index in [0.717, 1.165) is 14.2 Å². The molecule has 7 heteroatoms. The SMILES string of the molecule is CNC(=O)NC(=O)[C@H](c1ccccc1)N(C)Cc1ccc(Br)s1. The van der Waals surface area contributed by atoms with Crippen molar-refractivity contribution in [3.8, 4) is 0 Å². The maximum Gasteiger partial charge on any atom is 0.321 e. The quantitative estimate of drug-likeness (QED) is 0.817. The summed E-state index contributed by atoms with van der Waals surface area (Å²) in [5, 5.41) is 4.76. The topological polar surface area (TPSA) is 61.4 Å². The summed E-state index contributed by atoms with van der Waals surface area (Å²) in [6, 6.07) is 12.4. The largest absolute Gasteiger partial charge is 0.341 e. The molecule has 0 aliphatic rings. The van der Waals surface area contributed by atoms with Crippen molar-refractivity contribution in [2.75, 3.05) is 14.1 Å². The van der Waals surface area contributed by atoms with Gasteiger partial charge < -0.3 is 5.32 Å². The zero-order valence-electron chi connectivity index (χ0n) is 12.9. The minimum absolute atomic E-state index is 0.353. The van der Waals surface area contributed by atoms with Crippen molar-refractivity contribution in [2.24, 2.45) is 0 Å². The third-order valence-corrected chi connectivity index (χ3v) is 4.91. The lowest BCUT2D eigenvalue weighted by Crippen LogP contribution is -2.44. The Morgan fingerprint density at radius 2 is 1.91 bits per heavy atom. The van der Waals surface area contributed by atoms with Gasteiger partial charge in [-0.15, -0.1) is 11.3 Å². The molecule has 0 spiro atoms. The minimum Gasteiger partial charge on any atom is -0.341 e. The Kier molecular flexibility index (Phi) is 6.32. The fraction of sp³-hybridized carbons (Fsp3) is 0.250. The first-order valence-electron chi connectivity index (χ1n) is 7.03. The van der Waals surface area contributed by atoms with Crippen LogP contribution in [0.1, 0.15) is 16.5 Å². The number of nitrogens with zero attached hydrogens (tertiary/aromatic N) is 1. The van der Waals surface area contributed by atoms with Crippen LogP contribution in [0, 0.1) is 0 Å². The molecule has 1 atom stereocenters. The van der Waals surface area contributed by atoms with E-state index < -0.39 is 12.1 Å². The van der Waals surface area contributed by atoms with Crippen LogP contribution in [0.25, 0.3) is 0 Å². The number of benzene rings is 1. The van der Waals surface area contributed by atoms with Crippen LogP contribution in [0.3, 0.4) is 0 Å². The number of nitrogens with one attached hydrogen (secondary N) is 2. The number of carbonyl (C=O) groups excluding carboxylic acids is 2. The number of hydrogen-bond donors (Lipinski definition) is 2. The first-order valence-corrected chi connectivity index (χ1v) is 8.64. The summed E-state index contributed by atoms with van der Waals surface area (Å²) in [7, 11) is 3.35. The molecule has 5 nitrogen and oxygen atoms in total. The molecule has 1 heterocycles. The molecule has 0 saturated carbocycles. The summed E-state index contributed by atoms with van der Waals surface area (Å²) in [6.07, 6.45) is 0. The van der Waals surface area contributed by atoms with Gasteiger partial charge in [-0.05, 0) is 40.7 Å². The van der Waals surface area contributed by atoms with E-state index in [1.165, 1.54) is 7.05 Å². The molecule has 0 aliphatic heterocycles. The van der Waals surface area contributed by atoms with Crippen LogP contribution in [0.4, 0.5) is 4.79 Å². The first kappa shape index (κ1) is 17.7. The number of likely N-dealkylation sites (N-methyl/N-ethyl adjacent to an activating group) is 1. The number of urea groups is 1. The number of halogens is 1. The van der Waals surface area contributed by atoms with E-state index in [9.17, 15) is 9.59 Å². The highest BCUT2D eigenvalue weighted by atomic mass is 79.9. The monoisotopic (exact) mass is 395 g/mol. The molecule has 122 valence electrons. The lowest BCUT2D eigenvalue weighted by Gasteiger charge is -2.26. The van der Waals surface area contributed by atoms with Crippen LogP contribution in [0.2, 0.25) is 0 Å². The molecule has 2 N–H and O–H groups in total. The average molecular weight is 396 g/mol. The molecule has 2 rings (SSSR count). The first-order chi connectivity index (χ1) is 11.0. The average Bonchev–Trinajstić information content (AvgIpc) is 2.93. The number of hydrogen-bond acceptors (Lipinski definition) is 4. The Bertz CT molecular complexity index is 675. The highest BCUT2D eigenvalue weighted by molar-refractivity contribution is 9.11. The van der Waals surface area contributed by atoms with Crippen molar-refractivity contribution in [3.63, 3.8) is 0 Å². The maximum atomic E-state index is 12.5. The molecule has 0 saturated heterocycles. The van der Waals surface area contributed by atoms with E-state index >= 15 is 0 Å². The van der Waals surface area contributed by atoms with Gasteiger partial charge in [-0.25, -0.2) is 4.79 Å². The lowest BCUT2D eigenvalue weighted by molar-refractivity contribution is -0.125. The summed E-state index contributed by atoms with van der Waals surface area (Å²) in [4.78, 5) is 27.1. The molecular formula is C16H18BrN3O2S. The number of rotatable bonds is 5. The van der Waals surface area contributed by atoms with Gasteiger partial charge in [0, 0.05) is 18.5 Å². The Balaban J connectivity index is 2.22. The molecule has 1 aromatic heterocycles. The van der Waals surface area contributed by atoms with Gasteiger partial charge in [0.2, 0.25) is 5.91 Å². The number of thiophene rings is 1. The summed E-state index contributed by atoms with van der Waals surface area (Å²) in [5.41, 5.74) is 0.840. The number of imide groups is 1. The van der Waals surface area contributed by atoms with Crippen molar-refractivity contribution in [2.45, 2.75) is 12.6 Å². The van der Waals surface area contributed by atoms with E-state index in [0.29, 0.717) is 6.54 Å².